The molecule has 0 aromatic heterocycles. The molecule has 1 aliphatic heterocycles. The van der Waals surface area contributed by atoms with Crippen LogP contribution >= 0.6 is 11.6 Å². The molecule has 23 heavy (non-hydrogen) atoms. The second-order valence-electron chi connectivity index (χ2n) is 5.61. The van der Waals surface area contributed by atoms with Crippen LogP contribution in [0.15, 0.2) is 18.2 Å². The average molecular weight is 341 g/mol. The van der Waals surface area contributed by atoms with E-state index >= 15 is 0 Å². The maximum absolute atomic E-state index is 12.4. The summed E-state index contributed by atoms with van der Waals surface area (Å²) < 4.78 is 5.22. The standard InChI is InChI=1S/C16H21ClN2O4/c1-10-12(16(21)22)4-3-7-19(10)15(20)9-18-13-8-11(17)5-6-14(13)23-2/h5-6,8,10,12,18H,3-4,7,9H2,1-2H3,(H,21,22)/t10-,12-/m0/s1. The van der Waals surface area contributed by atoms with Crippen molar-refractivity contribution in [1.29, 1.82) is 0 Å². The Labute approximate surface area is 140 Å². The summed E-state index contributed by atoms with van der Waals surface area (Å²) in [6.07, 6.45) is 1.31. The molecule has 7 heteroatoms. The lowest BCUT2D eigenvalue weighted by Crippen LogP contribution is -2.50. The van der Waals surface area contributed by atoms with Crippen molar-refractivity contribution >= 4 is 29.2 Å². The Balaban J connectivity index is 2.02. The van der Waals surface area contributed by atoms with E-state index in [4.69, 9.17) is 16.3 Å². The summed E-state index contributed by atoms with van der Waals surface area (Å²) in [5, 5.41) is 12.8. The first-order chi connectivity index (χ1) is 10.9. The summed E-state index contributed by atoms with van der Waals surface area (Å²) in [6, 6.07) is 4.81. The zero-order valence-corrected chi connectivity index (χ0v) is 14.0. The fourth-order valence-corrected chi connectivity index (χ4v) is 3.09. The van der Waals surface area contributed by atoms with E-state index < -0.39 is 11.9 Å². The number of carboxylic acid groups (broad SMARTS) is 1. The SMILES string of the molecule is COc1ccc(Cl)cc1NCC(=O)N1CCC[C@H](C(=O)O)[C@@H]1C. The number of carboxylic acids is 1. The van der Waals surface area contributed by atoms with Crippen LogP contribution in [0.1, 0.15) is 19.8 Å². The number of amides is 1. The Morgan fingerprint density at radius 3 is 2.87 bits per heavy atom. The van der Waals surface area contributed by atoms with Gasteiger partial charge in [-0.05, 0) is 38.0 Å². The van der Waals surface area contributed by atoms with Gasteiger partial charge in [-0.3, -0.25) is 9.59 Å². The smallest absolute Gasteiger partial charge is 0.308 e. The third kappa shape index (κ3) is 4.07. The number of methoxy groups -OCH3 is 1. The molecule has 0 bridgehead atoms. The lowest BCUT2D eigenvalue weighted by Gasteiger charge is -2.37. The highest BCUT2D eigenvalue weighted by Gasteiger charge is 2.35. The largest absolute Gasteiger partial charge is 0.495 e. The zero-order valence-electron chi connectivity index (χ0n) is 13.2. The quantitative estimate of drug-likeness (QED) is 0.860. The Hall–Kier alpha value is -1.95. The van der Waals surface area contributed by atoms with Gasteiger partial charge in [0.2, 0.25) is 5.91 Å². The molecule has 1 aliphatic rings. The van der Waals surface area contributed by atoms with E-state index in [0.29, 0.717) is 35.8 Å². The maximum Gasteiger partial charge on any atom is 0.308 e. The molecule has 1 aromatic carbocycles. The number of aliphatic carboxylic acids is 1. The van der Waals surface area contributed by atoms with Crippen LogP contribution in [0.5, 0.6) is 5.75 Å². The Bertz CT molecular complexity index is 593. The van der Waals surface area contributed by atoms with Crippen molar-refractivity contribution in [3.8, 4) is 5.75 Å². The molecule has 2 N–H and O–H groups in total. The van der Waals surface area contributed by atoms with Crippen molar-refractivity contribution in [1.82, 2.24) is 4.90 Å². The van der Waals surface area contributed by atoms with Crippen molar-refractivity contribution < 1.29 is 19.4 Å². The summed E-state index contributed by atoms with van der Waals surface area (Å²) in [5.41, 5.74) is 0.632. The van der Waals surface area contributed by atoms with Gasteiger partial charge < -0.3 is 20.1 Å². The van der Waals surface area contributed by atoms with Gasteiger partial charge in [-0.1, -0.05) is 11.6 Å². The van der Waals surface area contributed by atoms with Crippen LogP contribution in [0.3, 0.4) is 0 Å². The van der Waals surface area contributed by atoms with Crippen LogP contribution in [0.25, 0.3) is 0 Å². The third-order valence-electron chi connectivity index (χ3n) is 4.22. The van der Waals surface area contributed by atoms with Crippen LogP contribution in [0.2, 0.25) is 5.02 Å². The van der Waals surface area contributed by atoms with E-state index in [9.17, 15) is 14.7 Å². The van der Waals surface area contributed by atoms with Crippen LogP contribution in [-0.4, -0.2) is 48.1 Å². The van der Waals surface area contributed by atoms with Crippen molar-refractivity contribution in [2.45, 2.75) is 25.8 Å². The van der Waals surface area contributed by atoms with Gasteiger partial charge in [-0.25, -0.2) is 0 Å². The number of hydrogen-bond donors (Lipinski definition) is 2. The lowest BCUT2D eigenvalue weighted by atomic mass is 9.90. The fourth-order valence-electron chi connectivity index (χ4n) is 2.92. The highest BCUT2D eigenvalue weighted by atomic mass is 35.5. The average Bonchev–Trinajstić information content (AvgIpc) is 2.52. The van der Waals surface area contributed by atoms with Gasteiger partial charge in [-0.15, -0.1) is 0 Å². The maximum atomic E-state index is 12.4. The number of halogens is 1. The summed E-state index contributed by atoms with van der Waals surface area (Å²) in [4.78, 5) is 25.3. The number of carbonyl (C=O) groups excluding carboxylic acids is 1. The minimum absolute atomic E-state index is 0.0629. The number of likely N-dealkylation sites (tertiary alicyclic amines) is 1. The molecular formula is C16H21ClN2O4. The summed E-state index contributed by atoms with van der Waals surface area (Å²) in [6.45, 7) is 2.43. The van der Waals surface area contributed by atoms with E-state index in [1.807, 2.05) is 0 Å². The molecule has 0 spiro atoms. The third-order valence-corrected chi connectivity index (χ3v) is 4.45. The monoisotopic (exact) mass is 340 g/mol. The minimum atomic E-state index is -0.848. The van der Waals surface area contributed by atoms with Crippen LogP contribution in [0, 0.1) is 5.92 Å². The Morgan fingerprint density at radius 1 is 1.48 bits per heavy atom. The topological polar surface area (TPSA) is 78.9 Å². The van der Waals surface area contributed by atoms with E-state index in [1.54, 1.807) is 37.1 Å². The predicted molar refractivity (Wildman–Crippen MR) is 88.0 cm³/mol. The second kappa shape index (κ2) is 7.55. The predicted octanol–water partition coefficient (Wildman–Crippen LogP) is 2.47. The molecule has 2 rings (SSSR count). The molecule has 0 saturated carbocycles. The number of nitrogens with one attached hydrogen (secondary N) is 1. The van der Waals surface area contributed by atoms with Gasteiger partial charge in [0.1, 0.15) is 5.75 Å². The summed E-state index contributed by atoms with van der Waals surface area (Å²) in [7, 11) is 1.54. The Morgan fingerprint density at radius 2 is 2.22 bits per heavy atom. The Kier molecular flexibility index (Phi) is 5.71. The molecule has 1 saturated heterocycles. The van der Waals surface area contributed by atoms with Gasteiger partial charge in [0.15, 0.2) is 0 Å². The molecule has 0 radical (unpaired) electrons. The first kappa shape index (κ1) is 17.4. The zero-order chi connectivity index (χ0) is 17.0. The van der Waals surface area contributed by atoms with Gasteiger partial charge in [0.25, 0.3) is 0 Å². The van der Waals surface area contributed by atoms with E-state index in [1.165, 1.54) is 0 Å². The van der Waals surface area contributed by atoms with Gasteiger partial charge in [0.05, 0.1) is 25.3 Å². The summed E-state index contributed by atoms with van der Waals surface area (Å²) >= 11 is 5.96. The molecular weight excluding hydrogens is 320 g/mol. The molecule has 1 amide bonds. The number of nitrogens with zero attached hydrogens (tertiary/aromatic N) is 1. The molecule has 0 unspecified atom stereocenters. The van der Waals surface area contributed by atoms with E-state index in [2.05, 4.69) is 5.32 Å². The number of ether oxygens (including phenoxy) is 1. The molecule has 1 aromatic rings. The second-order valence-corrected chi connectivity index (χ2v) is 6.05. The van der Waals surface area contributed by atoms with Crippen LogP contribution in [0.4, 0.5) is 5.69 Å². The van der Waals surface area contributed by atoms with E-state index in [0.717, 1.165) is 0 Å². The van der Waals surface area contributed by atoms with Crippen molar-refractivity contribution in [3.63, 3.8) is 0 Å². The molecule has 1 fully saturated rings. The number of anilines is 1. The molecule has 6 nitrogen and oxygen atoms in total. The van der Waals surface area contributed by atoms with Crippen molar-refractivity contribution in [2.75, 3.05) is 25.5 Å². The molecule has 0 aliphatic carbocycles. The number of benzene rings is 1. The number of hydrogen-bond acceptors (Lipinski definition) is 4. The van der Waals surface area contributed by atoms with Crippen LogP contribution in [-0.2, 0) is 9.59 Å². The molecule has 1 heterocycles. The highest BCUT2D eigenvalue weighted by molar-refractivity contribution is 6.30. The van der Waals surface area contributed by atoms with E-state index in [-0.39, 0.29) is 18.5 Å². The van der Waals surface area contributed by atoms with Crippen molar-refractivity contribution in [2.24, 2.45) is 5.92 Å². The highest BCUT2D eigenvalue weighted by Crippen LogP contribution is 2.28. The first-order valence-corrected chi connectivity index (χ1v) is 7.91. The van der Waals surface area contributed by atoms with Crippen molar-refractivity contribution in [3.05, 3.63) is 23.2 Å². The van der Waals surface area contributed by atoms with Crippen LogP contribution < -0.4 is 10.1 Å². The molecule has 126 valence electrons. The fraction of sp³-hybridized carbons (Fsp3) is 0.500. The number of carbonyl (C=O) groups is 2. The summed E-state index contributed by atoms with van der Waals surface area (Å²) in [5.74, 6) is -0.893. The normalized spacial score (nSPS) is 20.9. The van der Waals surface area contributed by atoms with Gasteiger partial charge in [0, 0.05) is 17.6 Å². The lowest BCUT2D eigenvalue weighted by molar-refractivity contribution is -0.148. The minimum Gasteiger partial charge on any atom is -0.495 e. The number of rotatable bonds is 5. The first-order valence-electron chi connectivity index (χ1n) is 7.53. The van der Waals surface area contributed by atoms with Gasteiger partial charge >= 0.3 is 5.97 Å². The number of piperidine rings is 1. The van der Waals surface area contributed by atoms with Gasteiger partial charge in [-0.2, -0.15) is 0 Å². The molecule has 2 atom stereocenters.